The Morgan fingerprint density at radius 2 is 1.92 bits per heavy atom. The van der Waals surface area contributed by atoms with Gasteiger partial charge in [-0.25, -0.2) is 9.80 Å². The number of rotatable bonds is 1. The second kappa shape index (κ2) is 3.40. The normalized spacial score (nSPS) is 10.7. The first kappa shape index (κ1) is 10.7. The third-order valence-electron chi connectivity index (χ3n) is 1.16. The van der Waals surface area contributed by atoms with Crippen LogP contribution in [0.5, 0.6) is 0 Å². The summed E-state index contributed by atoms with van der Waals surface area (Å²) in [4.78, 5) is 21.4. The summed E-state index contributed by atoms with van der Waals surface area (Å²) in [6.45, 7) is 2.61. The van der Waals surface area contributed by atoms with Gasteiger partial charge < -0.3 is 10.8 Å². The number of primary amides is 1. The highest BCUT2D eigenvalue weighted by Crippen LogP contribution is 1.99. The van der Waals surface area contributed by atoms with Gasteiger partial charge in [0.15, 0.2) is 0 Å². The fourth-order valence-electron chi connectivity index (χ4n) is 0.344. The minimum Gasteiger partial charge on any atom is -0.381 e. The number of carbonyl (C=O) groups is 2. The van der Waals surface area contributed by atoms with Gasteiger partial charge in [0, 0.05) is 7.05 Å². The van der Waals surface area contributed by atoms with Gasteiger partial charge in [-0.1, -0.05) is 0 Å². The lowest BCUT2D eigenvalue weighted by Crippen LogP contribution is -2.52. The second-order valence-corrected chi connectivity index (χ2v) is 2.90. The predicted octanol–water partition coefficient (Wildman–Crippen LogP) is -1.20. The van der Waals surface area contributed by atoms with Crippen molar-refractivity contribution in [2.24, 2.45) is 5.73 Å². The zero-order chi connectivity index (χ0) is 9.94. The molecule has 0 bridgehead atoms. The van der Waals surface area contributed by atoms with Crippen LogP contribution in [-0.2, 0) is 4.79 Å². The van der Waals surface area contributed by atoms with Crippen LogP contribution in [0.1, 0.15) is 13.8 Å². The topological polar surface area (TPSA) is 95.7 Å². The SMILES string of the molecule is CN(NC(=O)C(C)(C)O)C(N)=O. The second-order valence-electron chi connectivity index (χ2n) is 2.90. The Hall–Kier alpha value is -1.30. The van der Waals surface area contributed by atoms with Gasteiger partial charge in [-0.3, -0.25) is 10.2 Å². The maximum atomic E-state index is 11.0. The zero-order valence-electron chi connectivity index (χ0n) is 7.29. The van der Waals surface area contributed by atoms with Crippen LogP contribution in [0.4, 0.5) is 4.79 Å². The molecule has 0 aliphatic carbocycles. The number of hydrogen-bond acceptors (Lipinski definition) is 3. The molecule has 0 fully saturated rings. The lowest BCUT2D eigenvalue weighted by Gasteiger charge is -2.21. The summed E-state index contributed by atoms with van der Waals surface area (Å²) in [7, 11) is 1.28. The van der Waals surface area contributed by atoms with E-state index >= 15 is 0 Å². The monoisotopic (exact) mass is 175 g/mol. The molecule has 0 aliphatic heterocycles. The molecule has 0 radical (unpaired) electrons. The van der Waals surface area contributed by atoms with E-state index in [2.05, 4.69) is 5.43 Å². The van der Waals surface area contributed by atoms with Crippen LogP contribution in [0.25, 0.3) is 0 Å². The van der Waals surface area contributed by atoms with Gasteiger partial charge in [0.1, 0.15) is 5.60 Å². The molecular weight excluding hydrogens is 162 g/mol. The minimum absolute atomic E-state index is 0.691. The molecule has 0 aliphatic rings. The van der Waals surface area contributed by atoms with Crippen molar-refractivity contribution in [3.05, 3.63) is 0 Å². The molecule has 0 aromatic carbocycles. The zero-order valence-corrected chi connectivity index (χ0v) is 7.29. The molecule has 6 nitrogen and oxygen atoms in total. The molecule has 0 spiro atoms. The molecule has 0 aromatic rings. The van der Waals surface area contributed by atoms with Gasteiger partial charge in [0.25, 0.3) is 5.91 Å². The Kier molecular flexibility index (Phi) is 3.03. The van der Waals surface area contributed by atoms with Crippen LogP contribution in [0, 0.1) is 0 Å². The molecule has 0 unspecified atom stereocenters. The van der Waals surface area contributed by atoms with E-state index in [1.807, 2.05) is 0 Å². The van der Waals surface area contributed by atoms with Gasteiger partial charge in [0.05, 0.1) is 0 Å². The molecule has 0 aromatic heterocycles. The average Bonchev–Trinajstić information content (AvgIpc) is 1.85. The summed E-state index contributed by atoms with van der Waals surface area (Å²) in [6.07, 6.45) is 0. The van der Waals surface area contributed by atoms with Gasteiger partial charge in [0.2, 0.25) is 0 Å². The van der Waals surface area contributed by atoms with E-state index in [0.717, 1.165) is 5.01 Å². The number of hydrazine groups is 1. The third-order valence-corrected chi connectivity index (χ3v) is 1.16. The van der Waals surface area contributed by atoms with Crippen LogP contribution >= 0.6 is 0 Å². The minimum atomic E-state index is -1.52. The number of amides is 3. The molecule has 3 amide bonds. The standard InChI is InChI=1S/C6H13N3O3/c1-6(2,12)4(10)8-9(3)5(7)11/h12H,1-3H3,(H2,7,11)(H,8,10). The number of carbonyl (C=O) groups excluding carboxylic acids is 2. The highest BCUT2D eigenvalue weighted by atomic mass is 16.3. The van der Waals surface area contributed by atoms with Gasteiger partial charge in [-0.2, -0.15) is 0 Å². The summed E-state index contributed by atoms with van der Waals surface area (Å²) in [5.74, 6) is -0.691. The molecule has 4 N–H and O–H groups in total. The number of nitrogens with two attached hydrogens (primary N) is 1. The van der Waals surface area contributed by atoms with E-state index < -0.39 is 17.5 Å². The molecule has 0 saturated heterocycles. The van der Waals surface area contributed by atoms with E-state index in [0.29, 0.717) is 0 Å². The van der Waals surface area contributed by atoms with Crippen molar-refractivity contribution in [1.82, 2.24) is 10.4 Å². The van der Waals surface area contributed by atoms with E-state index in [4.69, 9.17) is 10.8 Å². The van der Waals surface area contributed by atoms with Gasteiger partial charge in [-0.15, -0.1) is 0 Å². The quantitative estimate of drug-likeness (QED) is 0.437. The molecule has 6 heteroatoms. The first-order valence-electron chi connectivity index (χ1n) is 3.31. The molecule has 70 valence electrons. The number of urea groups is 1. The van der Waals surface area contributed by atoms with Crippen molar-refractivity contribution in [3.8, 4) is 0 Å². The van der Waals surface area contributed by atoms with E-state index in [9.17, 15) is 9.59 Å². The smallest absolute Gasteiger partial charge is 0.333 e. The average molecular weight is 175 g/mol. The van der Waals surface area contributed by atoms with E-state index in [1.54, 1.807) is 0 Å². The first-order valence-corrected chi connectivity index (χ1v) is 3.31. The van der Waals surface area contributed by atoms with Crippen molar-refractivity contribution >= 4 is 11.9 Å². The highest BCUT2D eigenvalue weighted by molar-refractivity contribution is 5.85. The Bertz CT molecular complexity index is 197. The predicted molar refractivity (Wildman–Crippen MR) is 41.8 cm³/mol. The Balaban J connectivity index is 4.11. The fraction of sp³-hybridized carbons (Fsp3) is 0.667. The summed E-state index contributed by atoms with van der Waals surface area (Å²) in [5.41, 5.74) is 5.38. The fourth-order valence-corrected chi connectivity index (χ4v) is 0.344. The summed E-state index contributed by atoms with van der Waals surface area (Å²) in [6, 6.07) is -0.799. The maximum Gasteiger partial charge on any atom is 0.333 e. The molecule has 0 saturated carbocycles. The van der Waals surface area contributed by atoms with Crippen LogP contribution in [-0.4, -0.2) is 34.7 Å². The number of hydrogen-bond donors (Lipinski definition) is 3. The van der Waals surface area contributed by atoms with Crippen molar-refractivity contribution in [1.29, 1.82) is 0 Å². The number of nitrogens with one attached hydrogen (secondary N) is 1. The lowest BCUT2D eigenvalue weighted by molar-refractivity contribution is -0.139. The Morgan fingerprint density at radius 1 is 1.50 bits per heavy atom. The van der Waals surface area contributed by atoms with Gasteiger partial charge in [-0.05, 0) is 13.8 Å². The van der Waals surface area contributed by atoms with Crippen molar-refractivity contribution in [2.45, 2.75) is 19.4 Å². The van der Waals surface area contributed by atoms with Crippen LogP contribution in [0.3, 0.4) is 0 Å². The van der Waals surface area contributed by atoms with Crippen LogP contribution < -0.4 is 11.2 Å². The third kappa shape index (κ3) is 3.20. The molecule has 12 heavy (non-hydrogen) atoms. The summed E-state index contributed by atoms with van der Waals surface area (Å²) >= 11 is 0. The van der Waals surface area contributed by atoms with Gasteiger partial charge >= 0.3 is 6.03 Å². The largest absolute Gasteiger partial charge is 0.381 e. The van der Waals surface area contributed by atoms with Crippen molar-refractivity contribution in [2.75, 3.05) is 7.05 Å². The molecular formula is C6H13N3O3. The summed E-state index contributed by atoms with van der Waals surface area (Å²) < 4.78 is 0. The Labute approximate surface area is 70.3 Å². The van der Waals surface area contributed by atoms with Crippen molar-refractivity contribution in [3.63, 3.8) is 0 Å². The summed E-state index contributed by atoms with van der Waals surface area (Å²) in [5, 5.41) is 9.92. The lowest BCUT2D eigenvalue weighted by atomic mass is 10.1. The van der Waals surface area contributed by atoms with Crippen molar-refractivity contribution < 1.29 is 14.7 Å². The number of nitrogens with zero attached hydrogens (tertiary/aromatic N) is 1. The molecule has 0 atom stereocenters. The highest BCUT2D eigenvalue weighted by Gasteiger charge is 2.25. The van der Waals surface area contributed by atoms with Crippen LogP contribution in [0.2, 0.25) is 0 Å². The van der Waals surface area contributed by atoms with Crippen LogP contribution in [0.15, 0.2) is 0 Å². The maximum absolute atomic E-state index is 11.0. The van der Waals surface area contributed by atoms with E-state index in [1.165, 1.54) is 20.9 Å². The number of aliphatic hydroxyl groups is 1. The Morgan fingerprint density at radius 3 is 2.17 bits per heavy atom. The molecule has 0 heterocycles. The van der Waals surface area contributed by atoms with E-state index in [-0.39, 0.29) is 0 Å². The molecule has 0 rings (SSSR count). The first-order chi connectivity index (χ1) is 5.25.